The van der Waals surface area contributed by atoms with E-state index in [1.54, 1.807) is 6.20 Å². The third kappa shape index (κ3) is 2.98. The molecule has 10 nitrogen and oxygen atoms in total. The van der Waals surface area contributed by atoms with Crippen LogP contribution in [0.15, 0.2) is 35.5 Å². The topological polar surface area (TPSA) is 115 Å². The maximum atomic E-state index is 15.1. The van der Waals surface area contributed by atoms with Gasteiger partial charge in [0, 0.05) is 31.4 Å². The van der Waals surface area contributed by atoms with Crippen LogP contribution in [-0.2, 0) is 6.54 Å². The number of benzene rings is 1. The Bertz CT molecular complexity index is 1210. The molecule has 4 heterocycles. The molecule has 0 aliphatic carbocycles. The van der Waals surface area contributed by atoms with Crippen LogP contribution >= 0.6 is 0 Å². The first-order valence-corrected chi connectivity index (χ1v) is 9.47. The molecule has 0 bridgehead atoms. The van der Waals surface area contributed by atoms with Crippen molar-refractivity contribution >= 4 is 28.2 Å². The zero-order valence-corrected chi connectivity index (χ0v) is 15.7. The largest absolute Gasteiger partial charge is 0.487 e. The number of ether oxygens (including phenoxy) is 1. The van der Waals surface area contributed by atoms with Gasteiger partial charge in [-0.05, 0) is 12.5 Å². The average Bonchev–Trinajstić information content (AvgIpc) is 3.19. The lowest BCUT2D eigenvalue weighted by molar-refractivity contribution is -0.385. The van der Waals surface area contributed by atoms with Crippen LogP contribution in [0.5, 0.6) is 5.75 Å². The number of anilines is 2. The normalized spacial score (nSPS) is 17.8. The number of nitrogens with one attached hydrogen (secondary N) is 1. The molecule has 0 radical (unpaired) electrons. The fourth-order valence-electron chi connectivity index (χ4n) is 4.02. The Balaban J connectivity index is 1.43. The minimum atomic E-state index is -0.561. The smallest absolute Gasteiger partial charge is 0.305 e. The Hall–Kier alpha value is -3.76. The summed E-state index contributed by atoms with van der Waals surface area (Å²) >= 11 is 0. The van der Waals surface area contributed by atoms with E-state index in [0.717, 1.165) is 12.4 Å². The predicted molar refractivity (Wildman–Crippen MR) is 107 cm³/mol. The molecule has 3 aromatic rings. The van der Waals surface area contributed by atoms with Gasteiger partial charge < -0.3 is 19.5 Å². The monoisotopic (exact) mass is 412 g/mol. The molecule has 154 valence electrons. The summed E-state index contributed by atoms with van der Waals surface area (Å²) in [5, 5.41) is 14.2. The van der Waals surface area contributed by atoms with Crippen molar-refractivity contribution in [1.82, 2.24) is 14.5 Å². The second-order valence-corrected chi connectivity index (χ2v) is 7.25. The molecule has 0 amide bonds. The zero-order chi connectivity index (χ0) is 20.8. The standard InChI is InChI=1S/C19H17FN6O4/c20-14-7-13-15(27)2-4-24-5-6-30-18(16(13)24)17(14)25-3-1-11(10-25)23-19-21-8-12(9-22-19)26(28)29/h2,4,7-9,11H,1,3,5-6,10H2,(H,21,22,23). The van der Waals surface area contributed by atoms with Gasteiger partial charge >= 0.3 is 5.69 Å². The van der Waals surface area contributed by atoms with E-state index >= 15 is 4.39 Å². The molecule has 0 saturated carbocycles. The Morgan fingerprint density at radius 1 is 1.30 bits per heavy atom. The maximum absolute atomic E-state index is 15.1. The second-order valence-electron chi connectivity index (χ2n) is 7.25. The summed E-state index contributed by atoms with van der Waals surface area (Å²) in [6, 6.07) is 2.65. The molecule has 5 rings (SSSR count). The first-order chi connectivity index (χ1) is 14.5. The van der Waals surface area contributed by atoms with Crippen molar-refractivity contribution in [2.45, 2.75) is 19.0 Å². The second kappa shape index (κ2) is 6.94. The first kappa shape index (κ1) is 18.3. The summed E-state index contributed by atoms with van der Waals surface area (Å²) in [5.74, 6) is 0.167. The lowest BCUT2D eigenvalue weighted by Gasteiger charge is -2.28. The molecule has 11 heteroatoms. The third-order valence-electron chi connectivity index (χ3n) is 5.41. The fraction of sp³-hybridized carbons (Fsp3) is 0.316. The highest BCUT2D eigenvalue weighted by atomic mass is 19.1. The van der Waals surface area contributed by atoms with Crippen LogP contribution in [0, 0.1) is 15.9 Å². The highest BCUT2D eigenvalue weighted by molar-refractivity contribution is 5.91. The van der Waals surface area contributed by atoms with Gasteiger partial charge in [-0.1, -0.05) is 0 Å². The van der Waals surface area contributed by atoms with Gasteiger partial charge in [-0.3, -0.25) is 14.9 Å². The van der Waals surface area contributed by atoms with Gasteiger partial charge in [-0.25, -0.2) is 14.4 Å². The number of pyridine rings is 1. The molecule has 0 spiro atoms. The highest BCUT2D eigenvalue weighted by Gasteiger charge is 2.31. The summed E-state index contributed by atoms with van der Waals surface area (Å²) in [7, 11) is 0. The van der Waals surface area contributed by atoms with Gasteiger partial charge in [-0.15, -0.1) is 0 Å². The molecule has 1 unspecified atom stereocenters. The first-order valence-electron chi connectivity index (χ1n) is 9.47. The van der Waals surface area contributed by atoms with Gasteiger partial charge in [-0.2, -0.15) is 0 Å². The van der Waals surface area contributed by atoms with Crippen molar-refractivity contribution in [3.05, 3.63) is 56.9 Å². The Kier molecular flexibility index (Phi) is 4.23. The van der Waals surface area contributed by atoms with Crippen LogP contribution in [0.1, 0.15) is 6.42 Å². The summed E-state index contributed by atoms with van der Waals surface area (Å²) in [4.78, 5) is 32.2. The van der Waals surface area contributed by atoms with Gasteiger partial charge in [0.1, 0.15) is 24.7 Å². The van der Waals surface area contributed by atoms with Crippen molar-refractivity contribution in [3.63, 3.8) is 0 Å². The number of nitrogens with zero attached hydrogens (tertiary/aromatic N) is 5. The van der Waals surface area contributed by atoms with E-state index in [1.807, 2.05) is 9.47 Å². The summed E-state index contributed by atoms with van der Waals surface area (Å²) < 4.78 is 22.8. The lowest BCUT2D eigenvalue weighted by Crippen LogP contribution is -2.29. The predicted octanol–water partition coefficient (Wildman–Crippen LogP) is 1.92. The third-order valence-corrected chi connectivity index (χ3v) is 5.41. The molecule has 1 fully saturated rings. The van der Waals surface area contributed by atoms with E-state index < -0.39 is 10.7 Å². The van der Waals surface area contributed by atoms with Crippen LogP contribution in [0.4, 0.5) is 21.7 Å². The van der Waals surface area contributed by atoms with E-state index in [1.165, 1.54) is 12.1 Å². The zero-order valence-electron chi connectivity index (χ0n) is 15.7. The Morgan fingerprint density at radius 3 is 2.87 bits per heavy atom. The van der Waals surface area contributed by atoms with E-state index in [0.29, 0.717) is 55.0 Å². The highest BCUT2D eigenvalue weighted by Crippen LogP contribution is 2.41. The van der Waals surface area contributed by atoms with E-state index in [2.05, 4.69) is 15.3 Å². The summed E-state index contributed by atoms with van der Waals surface area (Å²) in [5.41, 5.74) is 0.527. The van der Waals surface area contributed by atoms with E-state index in [-0.39, 0.29) is 23.1 Å². The number of hydrogen-bond acceptors (Lipinski definition) is 8. The van der Waals surface area contributed by atoms with Crippen molar-refractivity contribution in [2.24, 2.45) is 0 Å². The lowest BCUT2D eigenvalue weighted by atomic mass is 10.1. The Morgan fingerprint density at radius 2 is 2.10 bits per heavy atom. The van der Waals surface area contributed by atoms with Crippen molar-refractivity contribution < 1.29 is 14.1 Å². The summed E-state index contributed by atoms with van der Waals surface area (Å²) in [6.07, 6.45) is 4.68. The molecular formula is C19H17FN6O4. The molecule has 1 N–H and O–H groups in total. The van der Waals surface area contributed by atoms with Crippen molar-refractivity contribution in [2.75, 3.05) is 29.9 Å². The van der Waals surface area contributed by atoms with Crippen LogP contribution < -0.4 is 20.4 Å². The van der Waals surface area contributed by atoms with Crippen LogP contribution in [-0.4, -0.2) is 45.2 Å². The molecule has 2 aliphatic heterocycles. The van der Waals surface area contributed by atoms with Gasteiger partial charge in [0.15, 0.2) is 17.0 Å². The van der Waals surface area contributed by atoms with Gasteiger partial charge in [0.2, 0.25) is 5.95 Å². The quantitative estimate of drug-likeness (QED) is 0.511. The number of nitro groups is 1. The fourth-order valence-corrected chi connectivity index (χ4v) is 4.02. The SMILES string of the molecule is O=c1ccn2c3c(c(N4CCC(Nc5ncc([N+](=O)[O-])cn5)C4)c(F)cc13)OCC2. The molecule has 30 heavy (non-hydrogen) atoms. The molecule has 1 saturated heterocycles. The Labute approximate surface area is 169 Å². The van der Waals surface area contributed by atoms with Crippen molar-refractivity contribution in [1.29, 1.82) is 0 Å². The minimum Gasteiger partial charge on any atom is -0.487 e. The maximum Gasteiger partial charge on any atom is 0.305 e. The molecule has 1 aromatic carbocycles. The van der Waals surface area contributed by atoms with Crippen LogP contribution in [0.3, 0.4) is 0 Å². The number of halogens is 1. The molecular weight excluding hydrogens is 395 g/mol. The summed E-state index contributed by atoms with van der Waals surface area (Å²) in [6.45, 7) is 2.03. The van der Waals surface area contributed by atoms with Crippen LogP contribution in [0.25, 0.3) is 10.9 Å². The van der Waals surface area contributed by atoms with E-state index in [4.69, 9.17) is 4.74 Å². The number of aromatic nitrogens is 3. The van der Waals surface area contributed by atoms with Gasteiger partial charge in [0.05, 0.1) is 22.4 Å². The number of hydrogen-bond donors (Lipinski definition) is 1. The molecule has 2 aliphatic rings. The van der Waals surface area contributed by atoms with Crippen LogP contribution in [0.2, 0.25) is 0 Å². The minimum absolute atomic E-state index is 0.0738. The van der Waals surface area contributed by atoms with Crippen molar-refractivity contribution in [3.8, 4) is 5.75 Å². The molecule has 2 aromatic heterocycles. The molecule has 1 atom stereocenters. The van der Waals surface area contributed by atoms with Gasteiger partial charge in [0.25, 0.3) is 0 Å². The number of rotatable bonds is 4. The average molecular weight is 412 g/mol. The van der Waals surface area contributed by atoms with E-state index in [9.17, 15) is 14.9 Å².